The lowest BCUT2D eigenvalue weighted by Gasteiger charge is -2.13. The lowest BCUT2D eigenvalue weighted by atomic mass is 9.98. The van der Waals surface area contributed by atoms with E-state index in [0.29, 0.717) is 6.61 Å². The molecule has 0 radical (unpaired) electrons. The molecular weight excluding hydrogens is 276 g/mol. The third-order valence-electron chi connectivity index (χ3n) is 2.84. The van der Waals surface area contributed by atoms with Crippen LogP contribution in [0.1, 0.15) is 18.9 Å². The zero-order valence-corrected chi connectivity index (χ0v) is 11.6. The van der Waals surface area contributed by atoms with Gasteiger partial charge >= 0.3 is 11.9 Å². The Balaban J connectivity index is 2.66. The van der Waals surface area contributed by atoms with E-state index in [-0.39, 0.29) is 6.42 Å². The van der Waals surface area contributed by atoms with E-state index >= 15 is 0 Å². The van der Waals surface area contributed by atoms with Gasteiger partial charge in [-0.15, -0.1) is 0 Å². The Hall–Kier alpha value is -2.34. The molecule has 1 aromatic rings. The number of carboxylic acids is 2. The number of rotatable bonds is 8. The molecule has 0 aliphatic rings. The van der Waals surface area contributed by atoms with E-state index in [2.05, 4.69) is 0 Å². The Morgan fingerprint density at radius 3 is 2.29 bits per heavy atom. The molecule has 0 saturated heterocycles. The smallest absolute Gasteiger partial charge is 0.333 e. The molecular formula is C15H18O6. The standard InChI is InChI=1S/C15H18O6/c1-2-21-11-8-6-10(7-9-11)4-3-5-12(14(17)18)13(16)15(19)20/h3-4,6-9,12-13,16H,2,5H2,1H3,(H,17,18)(H,19,20)/b4-3+/t12-,13+/m1/s1. The number of allylic oxidation sites excluding steroid dienone is 1. The Morgan fingerprint density at radius 2 is 1.81 bits per heavy atom. The van der Waals surface area contributed by atoms with Crippen molar-refractivity contribution in [1.29, 1.82) is 0 Å². The van der Waals surface area contributed by atoms with Crippen molar-refractivity contribution in [3.8, 4) is 5.75 Å². The zero-order chi connectivity index (χ0) is 15.8. The van der Waals surface area contributed by atoms with Crippen molar-refractivity contribution in [1.82, 2.24) is 0 Å². The van der Waals surface area contributed by atoms with Crippen LogP contribution in [0.5, 0.6) is 5.75 Å². The van der Waals surface area contributed by atoms with Gasteiger partial charge in [0.1, 0.15) is 5.75 Å². The summed E-state index contributed by atoms with van der Waals surface area (Å²) in [7, 11) is 0. The highest BCUT2D eigenvalue weighted by Gasteiger charge is 2.30. The molecule has 114 valence electrons. The minimum atomic E-state index is -1.92. The lowest BCUT2D eigenvalue weighted by Crippen LogP contribution is -2.34. The van der Waals surface area contributed by atoms with Crippen molar-refractivity contribution < 1.29 is 29.6 Å². The number of benzene rings is 1. The molecule has 0 spiro atoms. The SMILES string of the molecule is CCOc1ccc(/C=C/C[C@@H](C(=O)O)[C@H](O)C(=O)O)cc1. The number of aliphatic hydroxyl groups excluding tert-OH is 1. The van der Waals surface area contributed by atoms with Crippen LogP contribution >= 0.6 is 0 Å². The summed E-state index contributed by atoms with van der Waals surface area (Å²) in [6.45, 7) is 2.45. The fourth-order valence-electron chi connectivity index (χ4n) is 1.73. The zero-order valence-electron chi connectivity index (χ0n) is 11.6. The maximum absolute atomic E-state index is 10.9. The molecule has 3 N–H and O–H groups in total. The third kappa shape index (κ3) is 5.27. The molecule has 0 fully saturated rings. The molecule has 0 bridgehead atoms. The van der Waals surface area contributed by atoms with Crippen LogP contribution in [-0.4, -0.2) is 40.0 Å². The van der Waals surface area contributed by atoms with Gasteiger partial charge in [0.05, 0.1) is 12.5 Å². The number of aliphatic hydroxyl groups is 1. The summed E-state index contributed by atoms with van der Waals surface area (Å²) < 4.78 is 5.29. The first-order chi connectivity index (χ1) is 9.95. The van der Waals surface area contributed by atoms with Crippen molar-refractivity contribution in [2.45, 2.75) is 19.4 Å². The molecule has 0 amide bonds. The van der Waals surface area contributed by atoms with Gasteiger partial charge in [-0.2, -0.15) is 0 Å². The van der Waals surface area contributed by atoms with Crippen molar-refractivity contribution in [2.75, 3.05) is 6.61 Å². The molecule has 1 aromatic carbocycles. The Morgan fingerprint density at radius 1 is 1.19 bits per heavy atom. The number of hydrogen-bond donors (Lipinski definition) is 3. The van der Waals surface area contributed by atoms with E-state index < -0.39 is 24.0 Å². The van der Waals surface area contributed by atoms with Gasteiger partial charge in [0.25, 0.3) is 0 Å². The van der Waals surface area contributed by atoms with Crippen molar-refractivity contribution in [3.05, 3.63) is 35.9 Å². The van der Waals surface area contributed by atoms with Crippen LogP contribution in [0.4, 0.5) is 0 Å². The van der Waals surface area contributed by atoms with Gasteiger partial charge in [-0.05, 0) is 31.0 Å². The molecule has 6 nitrogen and oxygen atoms in total. The topological polar surface area (TPSA) is 104 Å². The highest BCUT2D eigenvalue weighted by atomic mass is 16.5. The summed E-state index contributed by atoms with van der Waals surface area (Å²) in [6.07, 6.45) is 1.20. The second-order valence-electron chi connectivity index (χ2n) is 4.37. The minimum Gasteiger partial charge on any atom is -0.494 e. The first-order valence-corrected chi connectivity index (χ1v) is 6.48. The van der Waals surface area contributed by atoms with Crippen molar-refractivity contribution in [3.63, 3.8) is 0 Å². The van der Waals surface area contributed by atoms with Crippen LogP contribution in [0.3, 0.4) is 0 Å². The predicted molar refractivity (Wildman–Crippen MR) is 76.0 cm³/mol. The number of carbonyl (C=O) groups is 2. The van der Waals surface area contributed by atoms with E-state index in [1.54, 1.807) is 30.3 Å². The second-order valence-corrected chi connectivity index (χ2v) is 4.37. The molecule has 0 aliphatic heterocycles. The van der Waals surface area contributed by atoms with Gasteiger partial charge in [-0.25, -0.2) is 4.79 Å². The first-order valence-electron chi connectivity index (χ1n) is 6.48. The summed E-state index contributed by atoms with van der Waals surface area (Å²) in [5.74, 6) is -3.53. The first kappa shape index (κ1) is 16.7. The fraction of sp³-hybridized carbons (Fsp3) is 0.333. The largest absolute Gasteiger partial charge is 0.494 e. The summed E-state index contributed by atoms with van der Waals surface area (Å²) in [4.78, 5) is 21.6. The highest BCUT2D eigenvalue weighted by Crippen LogP contribution is 2.15. The molecule has 6 heteroatoms. The van der Waals surface area contributed by atoms with Crippen molar-refractivity contribution >= 4 is 18.0 Å². The lowest BCUT2D eigenvalue weighted by molar-refractivity contribution is -0.159. The summed E-state index contributed by atoms with van der Waals surface area (Å²) in [5, 5.41) is 26.9. The molecule has 21 heavy (non-hydrogen) atoms. The summed E-state index contributed by atoms with van der Waals surface area (Å²) >= 11 is 0. The van der Waals surface area contributed by atoms with Gasteiger partial charge in [-0.3, -0.25) is 4.79 Å². The second kappa shape index (κ2) is 8.06. The van der Waals surface area contributed by atoms with Crippen LogP contribution in [-0.2, 0) is 9.59 Å². The van der Waals surface area contributed by atoms with E-state index in [4.69, 9.17) is 14.9 Å². The minimum absolute atomic E-state index is 0.0734. The van der Waals surface area contributed by atoms with Gasteiger partial charge < -0.3 is 20.1 Å². The molecule has 0 heterocycles. The Bertz CT molecular complexity index is 505. The van der Waals surface area contributed by atoms with Crippen LogP contribution in [0.2, 0.25) is 0 Å². The maximum Gasteiger partial charge on any atom is 0.333 e. The summed E-state index contributed by atoms with van der Waals surface area (Å²) in [6, 6.07) is 7.16. The van der Waals surface area contributed by atoms with Crippen molar-refractivity contribution in [2.24, 2.45) is 5.92 Å². The summed E-state index contributed by atoms with van der Waals surface area (Å²) in [5.41, 5.74) is 0.826. The van der Waals surface area contributed by atoms with Gasteiger partial charge in [0, 0.05) is 0 Å². The van der Waals surface area contributed by atoms with E-state index in [0.717, 1.165) is 11.3 Å². The molecule has 2 atom stereocenters. The van der Waals surface area contributed by atoms with E-state index in [1.807, 2.05) is 6.92 Å². The molecule has 1 rings (SSSR count). The molecule has 0 saturated carbocycles. The number of aliphatic carboxylic acids is 2. The Kier molecular flexibility index (Phi) is 6.42. The third-order valence-corrected chi connectivity index (χ3v) is 2.84. The van der Waals surface area contributed by atoms with Crippen LogP contribution in [0.25, 0.3) is 6.08 Å². The monoisotopic (exact) mass is 294 g/mol. The fourth-order valence-corrected chi connectivity index (χ4v) is 1.73. The van der Waals surface area contributed by atoms with Crippen LogP contribution < -0.4 is 4.74 Å². The normalized spacial score (nSPS) is 13.8. The molecule has 0 aliphatic carbocycles. The maximum atomic E-state index is 10.9. The quantitative estimate of drug-likeness (QED) is 0.673. The predicted octanol–water partition coefficient (Wildman–Crippen LogP) is 1.63. The van der Waals surface area contributed by atoms with E-state index in [1.165, 1.54) is 6.08 Å². The van der Waals surface area contributed by atoms with Gasteiger partial charge in [-0.1, -0.05) is 24.3 Å². The molecule has 0 aromatic heterocycles. The number of ether oxygens (including phenoxy) is 1. The van der Waals surface area contributed by atoms with Crippen LogP contribution in [0, 0.1) is 5.92 Å². The van der Waals surface area contributed by atoms with Gasteiger partial charge in [0.15, 0.2) is 6.10 Å². The Labute approximate surface area is 122 Å². The molecule has 0 unspecified atom stereocenters. The van der Waals surface area contributed by atoms with E-state index in [9.17, 15) is 14.7 Å². The average Bonchev–Trinajstić information content (AvgIpc) is 2.44. The number of carboxylic acid groups (broad SMARTS) is 2. The van der Waals surface area contributed by atoms with Gasteiger partial charge in [0.2, 0.25) is 0 Å². The average molecular weight is 294 g/mol. The van der Waals surface area contributed by atoms with Crippen LogP contribution in [0.15, 0.2) is 30.3 Å². The number of hydrogen-bond acceptors (Lipinski definition) is 4. The highest BCUT2D eigenvalue weighted by molar-refractivity contribution is 5.81.